The zero-order valence-electron chi connectivity index (χ0n) is 15.2. The highest BCUT2D eigenvalue weighted by atomic mass is 16.5. The summed E-state index contributed by atoms with van der Waals surface area (Å²) in [6.07, 6.45) is 4.84. The SMILES string of the molecule is CCOc1ccc(N(CCC#N)C(=O)c2ccc3c(c2)CCCC3)cc1. The molecule has 1 aliphatic rings. The van der Waals surface area contributed by atoms with E-state index in [0.717, 1.165) is 24.3 Å². The third-order valence-electron chi connectivity index (χ3n) is 4.75. The van der Waals surface area contributed by atoms with Crippen LogP contribution in [-0.2, 0) is 12.8 Å². The Labute approximate surface area is 155 Å². The summed E-state index contributed by atoms with van der Waals surface area (Å²) in [5.41, 5.74) is 4.12. The van der Waals surface area contributed by atoms with E-state index in [1.807, 2.05) is 43.3 Å². The van der Waals surface area contributed by atoms with Crippen LogP contribution in [0.3, 0.4) is 0 Å². The lowest BCUT2D eigenvalue weighted by atomic mass is 9.90. The molecule has 0 atom stereocenters. The van der Waals surface area contributed by atoms with Gasteiger partial charge in [0.25, 0.3) is 5.91 Å². The summed E-state index contributed by atoms with van der Waals surface area (Å²) >= 11 is 0. The van der Waals surface area contributed by atoms with Crippen molar-refractivity contribution in [2.24, 2.45) is 0 Å². The molecule has 0 N–H and O–H groups in total. The average Bonchev–Trinajstić information content (AvgIpc) is 2.69. The van der Waals surface area contributed by atoms with Crippen LogP contribution in [0.1, 0.15) is 47.7 Å². The number of nitrogens with zero attached hydrogens (tertiary/aromatic N) is 2. The molecule has 26 heavy (non-hydrogen) atoms. The molecule has 0 bridgehead atoms. The summed E-state index contributed by atoms with van der Waals surface area (Å²) < 4.78 is 5.47. The van der Waals surface area contributed by atoms with Gasteiger partial charge in [0.05, 0.1) is 19.1 Å². The Morgan fingerprint density at radius 1 is 1.12 bits per heavy atom. The van der Waals surface area contributed by atoms with Crippen molar-refractivity contribution in [3.05, 3.63) is 59.2 Å². The summed E-state index contributed by atoms with van der Waals surface area (Å²) in [6, 6.07) is 15.6. The summed E-state index contributed by atoms with van der Waals surface area (Å²) in [5.74, 6) is 0.718. The van der Waals surface area contributed by atoms with E-state index in [1.54, 1.807) is 4.90 Å². The van der Waals surface area contributed by atoms with Crippen molar-refractivity contribution in [3.8, 4) is 11.8 Å². The number of carbonyl (C=O) groups is 1. The lowest BCUT2D eigenvalue weighted by molar-refractivity contribution is 0.0987. The number of hydrogen-bond acceptors (Lipinski definition) is 3. The van der Waals surface area contributed by atoms with E-state index in [2.05, 4.69) is 12.1 Å². The molecule has 0 fully saturated rings. The number of hydrogen-bond donors (Lipinski definition) is 0. The fourth-order valence-corrected chi connectivity index (χ4v) is 3.42. The first-order valence-corrected chi connectivity index (χ1v) is 9.26. The van der Waals surface area contributed by atoms with Crippen LogP contribution in [-0.4, -0.2) is 19.1 Å². The molecule has 4 heteroatoms. The van der Waals surface area contributed by atoms with E-state index in [1.165, 1.54) is 24.0 Å². The smallest absolute Gasteiger partial charge is 0.258 e. The molecule has 0 aliphatic heterocycles. The molecule has 4 nitrogen and oxygen atoms in total. The van der Waals surface area contributed by atoms with Crippen molar-refractivity contribution < 1.29 is 9.53 Å². The van der Waals surface area contributed by atoms with Crippen LogP contribution in [0.2, 0.25) is 0 Å². The lowest BCUT2D eigenvalue weighted by Gasteiger charge is -2.23. The summed E-state index contributed by atoms with van der Waals surface area (Å²) in [7, 11) is 0. The number of ether oxygens (including phenoxy) is 1. The Bertz CT molecular complexity index is 806. The van der Waals surface area contributed by atoms with Gasteiger partial charge >= 0.3 is 0 Å². The molecule has 1 aliphatic carbocycles. The molecule has 2 aromatic carbocycles. The van der Waals surface area contributed by atoms with Gasteiger partial charge in [0, 0.05) is 17.8 Å². The van der Waals surface area contributed by atoms with Gasteiger partial charge in [-0.15, -0.1) is 0 Å². The minimum absolute atomic E-state index is 0.0576. The fraction of sp³-hybridized carbons (Fsp3) is 0.364. The van der Waals surface area contributed by atoms with Gasteiger partial charge in [-0.3, -0.25) is 4.79 Å². The van der Waals surface area contributed by atoms with Crippen LogP contribution in [0, 0.1) is 11.3 Å². The first-order chi connectivity index (χ1) is 12.7. The van der Waals surface area contributed by atoms with Crippen molar-refractivity contribution in [2.45, 2.75) is 39.0 Å². The van der Waals surface area contributed by atoms with Crippen LogP contribution in [0.5, 0.6) is 5.75 Å². The highest BCUT2D eigenvalue weighted by Crippen LogP contribution is 2.25. The quantitative estimate of drug-likeness (QED) is 0.771. The minimum atomic E-state index is -0.0576. The summed E-state index contributed by atoms with van der Waals surface area (Å²) in [6.45, 7) is 2.92. The van der Waals surface area contributed by atoms with Gasteiger partial charge in [0.2, 0.25) is 0 Å². The summed E-state index contributed by atoms with van der Waals surface area (Å²) in [5, 5.41) is 8.98. The molecule has 0 aromatic heterocycles. The Morgan fingerprint density at radius 3 is 2.54 bits per heavy atom. The molecular formula is C22H24N2O2. The molecule has 0 radical (unpaired) electrons. The fourth-order valence-electron chi connectivity index (χ4n) is 3.42. The zero-order chi connectivity index (χ0) is 18.4. The topological polar surface area (TPSA) is 53.3 Å². The highest BCUT2D eigenvalue weighted by Gasteiger charge is 2.19. The third kappa shape index (κ3) is 4.05. The van der Waals surface area contributed by atoms with Crippen LogP contribution in [0.15, 0.2) is 42.5 Å². The monoisotopic (exact) mass is 348 g/mol. The molecule has 1 amide bonds. The van der Waals surface area contributed by atoms with Gasteiger partial charge in [-0.1, -0.05) is 6.07 Å². The van der Waals surface area contributed by atoms with Gasteiger partial charge in [0.1, 0.15) is 5.75 Å². The van der Waals surface area contributed by atoms with Gasteiger partial charge in [-0.2, -0.15) is 5.26 Å². The van der Waals surface area contributed by atoms with Crippen molar-refractivity contribution in [2.75, 3.05) is 18.1 Å². The highest BCUT2D eigenvalue weighted by molar-refractivity contribution is 6.06. The molecule has 0 heterocycles. The number of aryl methyl sites for hydroxylation is 2. The second kappa shape index (κ2) is 8.53. The first-order valence-electron chi connectivity index (χ1n) is 9.26. The molecule has 2 aromatic rings. The normalized spacial score (nSPS) is 12.8. The lowest BCUT2D eigenvalue weighted by Crippen LogP contribution is -2.32. The summed E-state index contributed by atoms with van der Waals surface area (Å²) in [4.78, 5) is 14.8. The van der Waals surface area contributed by atoms with Gasteiger partial charge in [-0.05, 0) is 80.1 Å². The Balaban J connectivity index is 1.87. The number of carbonyl (C=O) groups excluding carboxylic acids is 1. The second-order valence-electron chi connectivity index (χ2n) is 6.48. The molecule has 0 saturated carbocycles. The number of amides is 1. The predicted molar refractivity (Wildman–Crippen MR) is 103 cm³/mol. The molecule has 0 unspecified atom stereocenters. The van der Waals surface area contributed by atoms with Crippen molar-refractivity contribution >= 4 is 11.6 Å². The largest absolute Gasteiger partial charge is 0.494 e. The van der Waals surface area contributed by atoms with Gasteiger partial charge in [0.15, 0.2) is 0 Å². The molecule has 0 saturated heterocycles. The molecular weight excluding hydrogens is 324 g/mol. The van der Waals surface area contributed by atoms with E-state index in [0.29, 0.717) is 25.1 Å². The number of fused-ring (bicyclic) bond motifs is 1. The Morgan fingerprint density at radius 2 is 1.85 bits per heavy atom. The number of benzene rings is 2. The standard InChI is InChI=1S/C22H24N2O2/c1-2-26-21-12-10-20(11-13-21)24(15-5-14-23)22(25)19-9-8-17-6-3-4-7-18(17)16-19/h8-13,16H,2-7,15H2,1H3. The number of rotatable bonds is 6. The van der Waals surface area contributed by atoms with Crippen LogP contribution in [0.25, 0.3) is 0 Å². The van der Waals surface area contributed by atoms with Gasteiger partial charge in [-0.25, -0.2) is 0 Å². The Kier molecular flexibility index (Phi) is 5.91. The van der Waals surface area contributed by atoms with E-state index >= 15 is 0 Å². The Hall–Kier alpha value is -2.80. The van der Waals surface area contributed by atoms with Crippen molar-refractivity contribution in [1.29, 1.82) is 5.26 Å². The molecule has 3 rings (SSSR count). The first kappa shape index (κ1) is 18.0. The predicted octanol–water partition coefficient (Wildman–Crippen LogP) is 4.52. The van der Waals surface area contributed by atoms with Crippen LogP contribution in [0.4, 0.5) is 5.69 Å². The minimum Gasteiger partial charge on any atom is -0.494 e. The van der Waals surface area contributed by atoms with Crippen molar-refractivity contribution in [1.82, 2.24) is 0 Å². The maximum atomic E-state index is 13.1. The number of nitriles is 1. The average molecular weight is 348 g/mol. The second-order valence-corrected chi connectivity index (χ2v) is 6.48. The van der Waals surface area contributed by atoms with Crippen LogP contribution >= 0.6 is 0 Å². The van der Waals surface area contributed by atoms with E-state index in [4.69, 9.17) is 10.00 Å². The third-order valence-corrected chi connectivity index (χ3v) is 4.75. The van der Waals surface area contributed by atoms with Crippen LogP contribution < -0.4 is 9.64 Å². The van der Waals surface area contributed by atoms with Crippen molar-refractivity contribution in [3.63, 3.8) is 0 Å². The van der Waals surface area contributed by atoms with E-state index < -0.39 is 0 Å². The van der Waals surface area contributed by atoms with E-state index in [-0.39, 0.29) is 5.91 Å². The zero-order valence-corrected chi connectivity index (χ0v) is 15.2. The molecule has 0 spiro atoms. The van der Waals surface area contributed by atoms with Gasteiger partial charge < -0.3 is 9.64 Å². The maximum absolute atomic E-state index is 13.1. The number of anilines is 1. The molecule has 134 valence electrons. The van der Waals surface area contributed by atoms with E-state index in [9.17, 15) is 4.79 Å². The maximum Gasteiger partial charge on any atom is 0.258 e.